The maximum absolute atomic E-state index is 11.4. The second kappa shape index (κ2) is 7.13. The van der Waals surface area contributed by atoms with Crippen molar-refractivity contribution >= 4 is 23.3 Å². The fourth-order valence-corrected chi connectivity index (χ4v) is 1.44. The predicted molar refractivity (Wildman–Crippen MR) is 69.9 cm³/mol. The van der Waals surface area contributed by atoms with Crippen LogP contribution in [0.2, 0.25) is 5.15 Å². The van der Waals surface area contributed by atoms with Crippen molar-refractivity contribution in [1.82, 2.24) is 15.3 Å². The number of anilines is 1. The number of amides is 1. The summed E-state index contributed by atoms with van der Waals surface area (Å²) in [5.74, 6) is 0.268. The van der Waals surface area contributed by atoms with Crippen molar-refractivity contribution in [1.29, 1.82) is 0 Å². The van der Waals surface area contributed by atoms with Gasteiger partial charge in [-0.15, -0.1) is 0 Å². The summed E-state index contributed by atoms with van der Waals surface area (Å²) in [6.45, 7) is 4.72. The first-order chi connectivity index (χ1) is 8.54. The molecule has 7 heteroatoms. The third-order valence-corrected chi connectivity index (χ3v) is 2.57. The van der Waals surface area contributed by atoms with Gasteiger partial charge in [0.05, 0.1) is 24.5 Å². The standard InChI is InChI=1S/C11H17ClN4O2/c1-7-8(2)16-11(10(12)15-7)14-6-9(17)13-4-5-18-3/h4-6H2,1-3H3,(H,13,17)(H,14,16). The fourth-order valence-electron chi connectivity index (χ4n) is 1.21. The van der Waals surface area contributed by atoms with E-state index in [1.165, 1.54) is 0 Å². The number of hydrogen-bond acceptors (Lipinski definition) is 5. The molecule has 1 aromatic rings. The normalized spacial score (nSPS) is 10.2. The summed E-state index contributed by atoms with van der Waals surface area (Å²) in [5, 5.41) is 5.80. The van der Waals surface area contributed by atoms with Crippen molar-refractivity contribution in [3.8, 4) is 0 Å². The lowest BCUT2D eigenvalue weighted by Crippen LogP contribution is -2.32. The average Bonchev–Trinajstić information content (AvgIpc) is 2.32. The van der Waals surface area contributed by atoms with E-state index in [0.29, 0.717) is 19.0 Å². The van der Waals surface area contributed by atoms with Crippen LogP contribution in [0.15, 0.2) is 0 Å². The van der Waals surface area contributed by atoms with Crippen molar-refractivity contribution in [2.75, 3.05) is 32.1 Å². The topological polar surface area (TPSA) is 76.1 Å². The Hall–Kier alpha value is -1.40. The van der Waals surface area contributed by atoms with Crippen LogP contribution in [-0.4, -0.2) is 42.7 Å². The molecule has 18 heavy (non-hydrogen) atoms. The van der Waals surface area contributed by atoms with Gasteiger partial charge in [-0.2, -0.15) is 0 Å². The molecule has 1 amide bonds. The van der Waals surface area contributed by atoms with E-state index in [9.17, 15) is 4.79 Å². The van der Waals surface area contributed by atoms with E-state index >= 15 is 0 Å². The van der Waals surface area contributed by atoms with E-state index in [2.05, 4.69) is 20.6 Å². The second-order valence-electron chi connectivity index (χ2n) is 3.73. The Bertz CT molecular complexity index is 426. The van der Waals surface area contributed by atoms with E-state index < -0.39 is 0 Å². The molecular formula is C11H17ClN4O2. The van der Waals surface area contributed by atoms with E-state index in [1.807, 2.05) is 13.8 Å². The van der Waals surface area contributed by atoms with Crippen molar-refractivity contribution in [3.05, 3.63) is 16.5 Å². The first kappa shape index (κ1) is 14.7. The molecule has 0 aliphatic rings. The molecule has 0 aliphatic heterocycles. The lowest BCUT2D eigenvalue weighted by molar-refractivity contribution is -0.119. The van der Waals surface area contributed by atoms with Gasteiger partial charge in [0.25, 0.3) is 0 Å². The first-order valence-electron chi connectivity index (χ1n) is 5.55. The van der Waals surface area contributed by atoms with E-state index in [-0.39, 0.29) is 17.6 Å². The van der Waals surface area contributed by atoms with Gasteiger partial charge in [0.1, 0.15) is 0 Å². The van der Waals surface area contributed by atoms with Gasteiger partial charge >= 0.3 is 0 Å². The summed E-state index contributed by atoms with van der Waals surface area (Å²) in [7, 11) is 1.58. The quantitative estimate of drug-likeness (QED) is 0.753. The molecule has 1 aromatic heterocycles. The molecule has 0 unspecified atom stereocenters. The lowest BCUT2D eigenvalue weighted by Gasteiger charge is -2.09. The summed E-state index contributed by atoms with van der Waals surface area (Å²) in [5.41, 5.74) is 1.55. The van der Waals surface area contributed by atoms with Gasteiger partial charge < -0.3 is 15.4 Å². The minimum absolute atomic E-state index is 0.0978. The van der Waals surface area contributed by atoms with Gasteiger partial charge in [-0.25, -0.2) is 9.97 Å². The third-order valence-electron chi connectivity index (χ3n) is 2.31. The lowest BCUT2D eigenvalue weighted by atomic mass is 10.3. The number of nitrogens with zero attached hydrogens (tertiary/aromatic N) is 2. The highest BCUT2D eigenvalue weighted by Crippen LogP contribution is 2.17. The number of halogens is 1. The maximum Gasteiger partial charge on any atom is 0.239 e. The van der Waals surface area contributed by atoms with Gasteiger partial charge in [0.15, 0.2) is 11.0 Å². The highest BCUT2D eigenvalue weighted by atomic mass is 35.5. The molecule has 0 aliphatic carbocycles. The molecule has 0 aromatic carbocycles. The second-order valence-corrected chi connectivity index (χ2v) is 4.09. The Morgan fingerprint density at radius 2 is 2.00 bits per heavy atom. The molecule has 1 heterocycles. The number of aryl methyl sites for hydroxylation is 2. The molecule has 0 saturated heterocycles. The number of aromatic nitrogens is 2. The zero-order valence-electron chi connectivity index (χ0n) is 10.7. The van der Waals surface area contributed by atoms with Crippen LogP contribution in [0.3, 0.4) is 0 Å². The van der Waals surface area contributed by atoms with E-state index in [4.69, 9.17) is 16.3 Å². The van der Waals surface area contributed by atoms with E-state index in [0.717, 1.165) is 11.4 Å². The average molecular weight is 273 g/mol. The molecule has 6 nitrogen and oxygen atoms in total. The van der Waals surface area contributed by atoms with Crippen LogP contribution in [0.5, 0.6) is 0 Å². The summed E-state index contributed by atoms with van der Waals surface area (Å²) >= 11 is 5.92. The number of carbonyl (C=O) groups is 1. The summed E-state index contributed by atoms with van der Waals surface area (Å²) in [6, 6.07) is 0. The van der Waals surface area contributed by atoms with Crippen LogP contribution >= 0.6 is 11.6 Å². The van der Waals surface area contributed by atoms with Gasteiger partial charge in [-0.05, 0) is 13.8 Å². The van der Waals surface area contributed by atoms with Crippen LogP contribution in [0, 0.1) is 13.8 Å². The molecule has 2 N–H and O–H groups in total. The highest BCUT2D eigenvalue weighted by Gasteiger charge is 2.08. The molecule has 0 bridgehead atoms. The number of carbonyl (C=O) groups excluding carboxylic acids is 1. The van der Waals surface area contributed by atoms with Crippen LogP contribution < -0.4 is 10.6 Å². The fraction of sp³-hybridized carbons (Fsp3) is 0.545. The van der Waals surface area contributed by atoms with Crippen molar-refractivity contribution in [3.63, 3.8) is 0 Å². The molecule has 0 saturated carbocycles. The summed E-state index contributed by atoms with van der Waals surface area (Å²) in [4.78, 5) is 19.8. The number of rotatable bonds is 6. The Morgan fingerprint density at radius 3 is 2.67 bits per heavy atom. The zero-order chi connectivity index (χ0) is 13.5. The SMILES string of the molecule is COCCNC(=O)CNc1nc(C)c(C)nc1Cl. The zero-order valence-corrected chi connectivity index (χ0v) is 11.5. The molecule has 100 valence electrons. The van der Waals surface area contributed by atoms with Gasteiger partial charge in [0, 0.05) is 13.7 Å². The third kappa shape index (κ3) is 4.46. The number of ether oxygens (including phenoxy) is 1. The molecule has 1 rings (SSSR count). The summed E-state index contributed by atoms with van der Waals surface area (Å²) < 4.78 is 4.82. The smallest absolute Gasteiger partial charge is 0.239 e. The largest absolute Gasteiger partial charge is 0.383 e. The van der Waals surface area contributed by atoms with Crippen LogP contribution in [0.25, 0.3) is 0 Å². The maximum atomic E-state index is 11.4. The van der Waals surface area contributed by atoms with Gasteiger partial charge in [0.2, 0.25) is 5.91 Å². The highest BCUT2D eigenvalue weighted by molar-refractivity contribution is 6.31. The minimum Gasteiger partial charge on any atom is -0.383 e. The van der Waals surface area contributed by atoms with Gasteiger partial charge in [-0.1, -0.05) is 11.6 Å². The first-order valence-corrected chi connectivity index (χ1v) is 5.92. The monoisotopic (exact) mass is 272 g/mol. The predicted octanol–water partition coefficient (Wildman–Crippen LogP) is 0.921. The molecule has 0 fully saturated rings. The number of hydrogen-bond donors (Lipinski definition) is 2. The van der Waals surface area contributed by atoms with Gasteiger partial charge in [-0.3, -0.25) is 4.79 Å². The van der Waals surface area contributed by atoms with E-state index in [1.54, 1.807) is 7.11 Å². The number of nitrogens with one attached hydrogen (secondary N) is 2. The van der Waals surface area contributed by atoms with Crippen molar-refractivity contribution < 1.29 is 9.53 Å². The summed E-state index contributed by atoms with van der Waals surface area (Å²) in [6.07, 6.45) is 0. The van der Waals surface area contributed by atoms with Crippen LogP contribution in [-0.2, 0) is 9.53 Å². The minimum atomic E-state index is -0.150. The Kier molecular flexibility index (Phi) is 5.80. The van der Waals surface area contributed by atoms with Crippen molar-refractivity contribution in [2.24, 2.45) is 0 Å². The Morgan fingerprint density at radius 1 is 1.33 bits per heavy atom. The Balaban J connectivity index is 2.48. The van der Waals surface area contributed by atoms with Crippen LogP contribution in [0.1, 0.15) is 11.4 Å². The molecule has 0 spiro atoms. The van der Waals surface area contributed by atoms with Crippen LogP contribution in [0.4, 0.5) is 5.82 Å². The van der Waals surface area contributed by atoms with Crippen molar-refractivity contribution in [2.45, 2.75) is 13.8 Å². The molecular weight excluding hydrogens is 256 g/mol. The molecule has 0 radical (unpaired) electrons. The Labute approximate surface area is 111 Å². The molecule has 0 atom stereocenters. The number of methoxy groups -OCH3 is 1.